The monoisotopic (exact) mass is 522 g/mol. The first-order valence-corrected chi connectivity index (χ1v) is 11.6. The Bertz CT molecular complexity index is 635. The second-order valence-corrected chi connectivity index (χ2v) is 7.04. The largest absolute Gasteiger partial charge is 0.476 e. The van der Waals surface area contributed by atoms with Crippen LogP contribution in [0, 0.1) is 0 Å². The zero-order valence-electron chi connectivity index (χ0n) is 20.9. The molecule has 0 atom stereocenters. The van der Waals surface area contributed by atoms with Gasteiger partial charge in [0.05, 0.1) is 85.7 Å². The first-order chi connectivity index (χ1) is 17.3. The van der Waals surface area contributed by atoms with Gasteiger partial charge < -0.3 is 43.0 Å². The van der Waals surface area contributed by atoms with Gasteiger partial charge in [0, 0.05) is 12.0 Å². The summed E-state index contributed by atoms with van der Waals surface area (Å²) in [6.07, 6.45) is -0.664. The minimum Gasteiger partial charge on any atom is -0.476 e. The maximum absolute atomic E-state index is 11.3. The molecule has 0 aliphatic carbocycles. The van der Waals surface area contributed by atoms with Crippen molar-refractivity contribution >= 4 is 23.7 Å². The van der Waals surface area contributed by atoms with Crippen LogP contribution in [0.2, 0.25) is 0 Å². The van der Waals surface area contributed by atoms with E-state index < -0.39 is 23.7 Å². The SMILES string of the molecule is C=C(C)C(=O)OCCOCCOCCOCCOCCOCCOCCOC(=O)CCC(=O)C(=O)O. The van der Waals surface area contributed by atoms with Crippen molar-refractivity contribution in [3.05, 3.63) is 12.2 Å². The Morgan fingerprint density at radius 2 is 0.889 bits per heavy atom. The summed E-state index contributed by atoms with van der Waals surface area (Å²) in [7, 11) is 0. The molecule has 1 N–H and O–H groups in total. The van der Waals surface area contributed by atoms with Crippen LogP contribution < -0.4 is 0 Å². The smallest absolute Gasteiger partial charge is 0.372 e. The van der Waals surface area contributed by atoms with E-state index in [1.165, 1.54) is 0 Å². The minimum atomic E-state index is -1.57. The van der Waals surface area contributed by atoms with E-state index in [1.807, 2.05) is 0 Å². The van der Waals surface area contributed by atoms with Gasteiger partial charge in [0.25, 0.3) is 0 Å². The average molecular weight is 523 g/mol. The van der Waals surface area contributed by atoms with Crippen LogP contribution in [0.3, 0.4) is 0 Å². The number of ether oxygens (including phenoxy) is 8. The molecule has 0 rings (SSSR count). The Morgan fingerprint density at radius 3 is 1.22 bits per heavy atom. The standard InChI is InChI=1S/C23H38O13/c1-19(2)23(28)36-18-16-34-14-12-32-10-8-30-6-5-29-7-9-31-11-13-33-15-17-35-21(25)4-3-20(24)22(26)27/h1,3-18H2,2H3,(H,26,27). The third-order valence-electron chi connectivity index (χ3n) is 3.95. The molecule has 0 saturated heterocycles. The molecule has 208 valence electrons. The molecule has 13 nitrogen and oxygen atoms in total. The van der Waals surface area contributed by atoms with E-state index in [4.69, 9.17) is 43.0 Å². The van der Waals surface area contributed by atoms with Crippen molar-refractivity contribution in [2.24, 2.45) is 0 Å². The van der Waals surface area contributed by atoms with Crippen molar-refractivity contribution < 1.29 is 62.2 Å². The van der Waals surface area contributed by atoms with Crippen molar-refractivity contribution in [3.8, 4) is 0 Å². The van der Waals surface area contributed by atoms with Crippen molar-refractivity contribution in [3.63, 3.8) is 0 Å². The molecule has 0 aliphatic rings. The highest BCUT2D eigenvalue weighted by Crippen LogP contribution is 1.95. The van der Waals surface area contributed by atoms with Gasteiger partial charge in [-0.2, -0.15) is 0 Å². The molecule has 0 bridgehead atoms. The Kier molecular flexibility index (Phi) is 22.6. The maximum Gasteiger partial charge on any atom is 0.372 e. The lowest BCUT2D eigenvalue weighted by molar-refractivity contribution is -0.151. The number of carbonyl (C=O) groups excluding carboxylic acids is 3. The number of esters is 2. The number of hydrogen-bond acceptors (Lipinski definition) is 12. The fraction of sp³-hybridized carbons (Fsp3) is 0.739. The van der Waals surface area contributed by atoms with Gasteiger partial charge in [0.2, 0.25) is 5.78 Å². The van der Waals surface area contributed by atoms with E-state index in [-0.39, 0.29) is 32.7 Å². The summed E-state index contributed by atoms with van der Waals surface area (Å²) in [6.45, 7) is 9.71. The minimum absolute atomic E-state index is 0.0107. The molecule has 0 aromatic carbocycles. The van der Waals surface area contributed by atoms with Crippen LogP contribution in [0.1, 0.15) is 19.8 Å². The van der Waals surface area contributed by atoms with E-state index in [1.54, 1.807) is 6.92 Å². The normalized spacial score (nSPS) is 10.7. The predicted octanol–water partition coefficient (Wildman–Crippen LogP) is 0.182. The number of Topliss-reactive ketones (excluding diaryl/α,β-unsaturated/α-hetero) is 1. The second-order valence-electron chi connectivity index (χ2n) is 7.04. The number of rotatable bonds is 26. The van der Waals surface area contributed by atoms with E-state index in [9.17, 15) is 19.2 Å². The van der Waals surface area contributed by atoms with Crippen LogP contribution in [0.4, 0.5) is 0 Å². The van der Waals surface area contributed by atoms with E-state index in [0.29, 0.717) is 78.2 Å². The van der Waals surface area contributed by atoms with Crippen LogP contribution in [-0.4, -0.2) is 121 Å². The van der Waals surface area contributed by atoms with Crippen molar-refractivity contribution in [2.75, 3.05) is 92.5 Å². The van der Waals surface area contributed by atoms with Crippen molar-refractivity contribution in [1.29, 1.82) is 0 Å². The second kappa shape index (κ2) is 24.3. The summed E-state index contributed by atoms with van der Waals surface area (Å²) in [6, 6.07) is 0. The van der Waals surface area contributed by atoms with Gasteiger partial charge >= 0.3 is 17.9 Å². The highest BCUT2D eigenvalue weighted by Gasteiger charge is 2.14. The lowest BCUT2D eigenvalue weighted by atomic mass is 10.2. The molecule has 0 spiro atoms. The number of aliphatic carboxylic acids is 1. The molecule has 0 aromatic rings. The average Bonchev–Trinajstić information content (AvgIpc) is 2.85. The zero-order chi connectivity index (χ0) is 26.9. The highest BCUT2D eigenvalue weighted by molar-refractivity contribution is 6.32. The fourth-order valence-corrected chi connectivity index (χ4v) is 2.13. The first-order valence-electron chi connectivity index (χ1n) is 11.6. The van der Waals surface area contributed by atoms with Crippen LogP contribution in [-0.2, 0) is 57.1 Å². The first kappa shape index (κ1) is 33.6. The number of ketones is 1. The van der Waals surface area contributed by atoms with Gasteiger partial charge in [0.1, 0.15) is 13.2 Å². The maximum atomic E-state index is 11.3. The topological polar surface area (TPSA) is 162 Å². The van der Waals surface area contributed by atoms with Gasteiger partial charge in [-0.25, -0.2) is 9.59 Å². The molecule has 0 saturated carbocycles. The summed E-state index contributed by atoms with van der Waals surface area (Å²) < 4.78 is 41.6. The van der Waals surface area contributed by atoms with Gasteiger partial charge in [-0.1, -0.05) is 6.58 Å². The van der Waals surface area contributed by atoms with Gasteiger partial charge in [-0.05, 0) is 6.92 Å². The Hall–Kier alpha value is -2.42. The lowest BCUT2D eigenvalue weighted by Crippen LogP contribution is -2.17. The van der Waals surface area contributed by atoms with E-state index >= 15 is 0 Å². The molecule has 0 heterocycles. The summed E-state index contributed by atoms with van der Waals surface area (Å²) in [4.78, 5) is 43.6. The van der Waals surface area contributed by atoms with Crippen LogP contribution in [0.5, 0.6) is 0 Å². The van der Waals surface area contributed by atoms with Crippen LogP contribution in [0.15, 0.2) is 12.2 Å². The lowest BCUT2D eigenvalue weighted by Gasteiger charge is -2.08. The molecule has 0 aliphatic heterocycles. The van der Waals surface area contributed by atoms with Crippen molar-refractivity contribution in [2.45, 2.75) is 19.8 Å². The number of carbonyl (C=O) groups is 4. The quantitative estimate of drug-likeness (QED) is 0.0709. The van der Waals surface area contributed by atoms with Crippen LogP contribution >= 0.6 is 0 Å². The molecule has 0 amide bonds. The zero-order valence-corrected chi connectivity index (χ0v) is 20.9. The summed E-state index contributed by atoms with van der Waals surface area (Å²) >= 11 is 0. The number of carboxylic acid groups (broad SMARTS) is 1. The molecule has 0 radical (unpaired) electrons. The Balaban J connectivity index is 3.19. The van der Waals surface area contributed by atoms with Crippen LogP contribution in [0.25, 0.3) is 0 Å². The van der Waals surface area contributed by atoms with E-state index in [0.717, 1.165) is 0 Å². The van der Waals surface area contributed by atoms with Gasteiger partial charge in [-0.15, -0.1) is 0 Å². The third-order valence-corrected chi connectivity index (χ3v) is 3.95. The number of carboxylic acids is 1. The molecule has 13 heteroatoms. The Morgan fingerprint density at radius 1 is 0.556 bits per heavy atom. The summed E-state index contributed by atoms with van der Waals surface area (Å²) in [5.41, 5.74) is 0.353. The van der Waals surface area contributed by atoms with Crippen molar-refractivity contribution in [1.82, 2.24) is 0 Å². The molecule has 0 unspecified atom stereocenters. The summed E-state index contributed by atoms with van der Waals surface area (Å²) in [5, 5.41) is 8.41. The molecule has 0 fully saturated rings. The van der Waals surface area contributed by atoms with Gasteiger partial charge in [0.15, 0.2) is 0 Å². The third kappa shape index (κ3) is 23.3. The number of hydrogen-bond donors (Lipinski definition) is 1. The molecular weight excluding hydrogens is 484 g/mol. The van der Waals surface area contributed by atoms with Gasteiger partial charge in [-0.3, -0.25) is 9.59 Å². The molecule has 36 heavy (non-hydrogen) atoms. The molecular formula is C23H38O13. The highest BCUT2D eigenvalue weighted by atomic mass is 16.6. The predicted molar refractivity (Wildman–Crippen MR) is 124 cm³/mol. The fourth-order valence-electron chi connectivity index (χ4n) is 2.13. The molecule has 0 aromatic heterocycles. The van der Waals surface area contributed by atoms with E-state index in [2.05, 4.69) is 6.58 Å². The Labute approximate surface area is 210 Å². The summed E-state index contributed by atoms with van der Waals surface area (Å²) in [5.74, 6) is -3.68.